The number of ether oxygens (including phenoxy) is 3. The summed E-state index contributed by atoms with van der Waals surface area (Å²) in [5.41, 5.74) is 0.387. The average Bonchev–Trinajstić information content (AvgIpc) is 2.99. The second-order valence-electron chi connectivity index (χ2n) is 4.97. The highest BCUT2D eigenvalue weighted by Crippen LogP contribution is 2.38. The van der Waals surface area contributed by atoms with Crippen molar-refractivity contribution >= 4 is 21.9 Å². The van der Waals surface area contributed by atoms with Crippen LogP contribution in [0, 0.1) is 0 Å². The molecule has 0 amide bonds. The maximum Gasteiger partial charge on any atom is 0.339 e. The highest BCUT2D eigenvalue weighted by Gasteiger charge is 2.24. The van der Waals surface area contributed by atoms with Gasteiger partial charge in [-0.3, -0.25) is 0 Å². The molecule has 2 rings (SSSR count). The molecule has 1 N–H and O–H groups in total. The second kappa shape index (κ2) is 7.13. The Hall–Kier alpha value is -1.27. The molecule has 1 atom stereocenters. The number of aliphatic hydroxyl groups is 1. The van der Waals surface area contributed by atoms with Crippen LogP contribution >= 0.6 is 15.9 Å². The van der Waals surface area contributed by atoms with Crippen LogP contribution in [0.4, 0.5) is 0 Å². The maximum absolute atomic E-state index is 11.5. The first kappa shape index (κ1) is 16.1. The van der Waals surface area contributed by atoms with E-state index in [-0.39, 0.29) is 6.10 Å². The van der Waals surface area contributed by atoms with Gasteiger partial charge >= 0.3 is 5.97 Å². The molecule has 1 aliphatic carbocycles. The van der Waals surface area contributed by atoms with Gasteiger partial charge in [-0.05, 0) is 37.8 Å². The van der Waals surface area contributed by atoms with E-state index in [9.17, 15) is 9.90 Å². The van der Waals surface area contributed by atoms with Crippen LogP contribution in [0.5, 0.6) is 11.5 Å². The molecule has 0 spiro atoms. The molecule has 1 aliphatic rings. The third kappa shape index (κ3) is 3.68. The largest absolute Gasteiger partial charge is 0.493 e. The number of esters is 1. The molecule has 1 unspecified atom stereocenters. The number of benzene rings is 1. The van der Waals surface area contributed by atoms with Crippen LogP contribution < -0.4 is 9.47 Å². The Morgan fingerprint density at radius 3 is 2.52 bits per heavy atom. The number of aliphatic hydroxyl groups excluding tert-OH is 1. The van der Waals surface area contributed by atoms with Gasteiger partial charge in [0.1, 0.15) is 0 Å². The Bertz CT molecular complexity index is 511. The zero-order chi connectivity index (χ0) is 15.4. The van der Waals surface area contributed by atoms with Gasteiger partial charge in [0.05, 0.1) is 20.3 Å². The van der Waals surface area contributed by atoms with E-state index in [2.05, 4.69) is 20.7 Å². The minimum atomic E-state index is -1.36. The Kier molecular flexibility index (Phi) is 5.47. The van der Waals surface area contributed by atoms with Crippen molar-refractivity contribution in [2.75, 3.05) is 14.2 Å². The molecule has 6 heteroatoms. The van der Waals surface area contributed by atoms with Crippen LogP contribution in [-0.4, -0.2) is 31.4 Å². The van der Waals surface area contributed by atoms with Crippen molar-refractivity contribution in [3.63, 3.8) is 0 Å². The minimum Gasteiger partial charge on any atom is -0.493 e. The smallest absolute Gasteiger partial charge is 0.339 e. The van der Waals surface area contributed by atoms with E-state index in [0.29, 0.717) is 21.5 Å². The van der Waals surface area contributed by atoms with Crippen LogP contribution in [0.1, 0.15) is 37.4 Å². The summed E-state index contributed by atoms with van der Waals surface area (Å²) in [5.74, 6) is 0.377. The average molecular weight is 359 g/mol. The molecule has 21 heavy (non-hydrogen) atoms. The molecule has 0 saturated heterocycles. The van der Waals surface area contributed by atoms with Gasteiger partial charge in [0.25, 0.3) is 0 Å². The van der Waals surface area contributed by atoms with E-state index in [0.717, 1.165) is 12.8 Å². The third-order valence-corrected chi connectivity index (χ3v) is 4.28. The number of rotatable bonds is 5. The normalized spacial score (nSPS) is 16.6. The predicted octanol–water partition coefficient (Wildman–Crippen LogP) is 2.99. The molecule has 0 radical (unpaired) electrons. The molecule has 0 bridgehead atoms. The van der Waals surface area contributed by atoms with E-state index in [1.807, 2.05) is 0 Å². The highest BCUT2D eigenvalue weighted by molar-refractivity contribution is 9.10. The molecule has 1 aromatic rings. The lowest BCUT2D eigenvalue weighted by Crippen LogP contribution is -2.15. The minimum absolute atomic E-state index is 0.196. The summed E-state index contributed by atoms with van der Waals surface area (Å²) in [5, 5.41) is 9.96. The number of hydrogen-bond acceptors (Lipinski definition) is 5. The van der Waals surface area contributed by atoms with Crippen LogP contribution in [0.25, 0.3) is 0 Å². The molecule has 0 aliphatic heterocycles. The fourth-order valence-electron chi connectivity index (χ4n) is 2.44. The van der Waals surface area contributed by atoms with E-state index < -0.39 is 12.1 Å². The van der Waals surface area contributed by atoms with Gasteiger partial charge in [0.2, 0.25) is 0 Å². The first-order valence-electron chi connectivity index (χ1n) is 6.86. The Morgan fingerprint density at radius 1 is 1.29 bits per heavy atom. The fourth-order valence-corrected chi connectivity index (χ4v) is 2.98. The summed E-state index contributed by atoms with van der Waals surface area (Å²) in [6, 6.07) is 3.31. The zero-order valence-electron chi connectivity index (χ0n) is 12.1. The Balaban J connectivity index is 2.27. The van der Waals surface area contributed by atoms with Crippen LogP contribution in [0.15, 0.2) is 16.6 Å². The lowest BCUT2D eigenvalue weighted by Gasteiger charge is -2.19. The first-order chi connectivity index (χ1) is 10.1. The number of carbonyl (C=O) groups excluding carboxylic acids is 1. The summed E-state index contributed by atoms with van der Waals surface area (Å²) < 4.78 is 16.4. The summed E-state index contributed by atoms with van der Waals surface area (Å²) in [4.78, 5) is 11.5. The van der Waals surface area contributed by atoms with Gasteiger partial charge < -0.3 is 19.3 Å². The van der Waals surface area contributed by atoms with Gasteiger partial charge in [-0.15, -0.1) is 0 Å². The maximum atomic E-state index is 11.5. The highest BCUT2D eigenvalue weighted by atomic mass is 79.9. The molecule has 5 nitrogen and oxygen atoms in total. The van der Waals surface area contributed by atoms with Crippen molar-refractivity contribution in [3.05, 3.63) is 22.2 Å². The van der Waals surface area contributed by atoms with E-state index in [4.69, 9.17) is 9.47 Å². The van der Waals surface area contributed by atoms with E-state index >= 15 is 0 Å². The van der Waals surface area contributed by atoms with Gasteiger partial charge in [0, 0.05) is 10.0 Å². The monoisotopic (exact) mass is 358 g/mol. The number of hydrogen-bond donors (Lipinski definition) is 1. The topological polar surface area (TPSA) is 65.0 Å². The number of halogens is 1. The molecule has 1 fully saturated rings. The standard InChI is InChI=1S/C15H19BrO5/c1-19-12-7-10(14(17)15(18)20-2)11(16)8-13(12)21-9-5-3-4-6-9/h7-9,14,17H,3-6H2,1-2H3. The lowest BCUT2D eigenvalue weighted by atomic mass is 10.1. The SMILES string of the molecule is COC(=O)C(O)c1cc(OC)c(OC2CCCC2)cc1Br. The number of carbonyl (C=O) groups is 1. The van der Waals surface area contributed by atoms with Gasteiger partial charge in [-0.2, -0.15) is 0 Å². The quantitative estimate of drug-likeness (QED) is 0.819. The van der Waals surface area contributed by atoms with Gasteiger partial charge in [-0.1, -0.05) is 15.9 Å². The second-order valence-corrected chi connectivity index (χ2v) is 5.83. The van der Waals surface area contributed by atoms with Gasteiger partial charge in [0.15, 0.2) is 17.6 Å². The molecule has 1 saturated carbocycles. The lowest BCUT2D eigenvalue weighted by molar-refractivity contribution is -0.150. The Labute approximate surface area is 132 Å². The van der Waals surface area contributed by atoms with Crippen molar-refractivity contribution in [3.8, 4) is 11.5 Å². The molecule has 116 valence electrons. The zero-order valence-corrected chi connectivity index (χ0v) is 13.7. The predicted molar refractivity (Wildman–Crippen MR) is 80.6 cm³/mol. The van der Waals surface area contributed by atoms with Crippen molar-refractivity contribution in [1.29, 1.82) is 0 Å². The van der Waals surface area contributed by atoms with Crippen molar-refractivity contribution < 1.29 is 24.1 Å². The first-order valence-corrected chi connectivity index (χ1v) is 7.66. The van der Waals surface area contributed by atoms with Crippen LogP contribution in [0.2, 0.25) is 0 Å². The molecule has 0 heterocycles. The molecular weight excluding hydrogens is 340 g/mol. The Morgan fingerprint density at radius 2 is 1.95 bits per heavy atom. The fraction of sp³-hybridized carbons (Fsp3) is 0.533. The molecule has 0 aromatic heterocycles. The van der Waals surface area contributed by atoms with E-state index in [1.54, 1.807) is 12.1 Å². The summed E-state index contributed by atoms with van der Waals surface area (Å²) >= 11 is 3.35. The van der Waals surface area contributed by atoms with Crippen LogP contribution in [-0.2, 0) is 9.53 Å². The summed E-state index contributed by atoms with van der Waals surface area (Å²) in [6.07, 6.45) is 3.25. The van der Waals surface area contributed by atoms with Crippen LogP contribution in [0.3, 0.4) is 0 Å². The third-order valence-electron chi connectivity index (χ3n) is 3.60. The number of methoxy groups -OCH3 is 2. The molecular formula is C15H19BrO5. The van der Waals surface area contributed by atoms with Crippen molar-refractivity contribution in [2.45, 2.75) is 37.9 Å². The summed E-state index contributed by atoms with van der Waals surface area (Å²) in [6.45, 7) is 0. The van der Waals surface area contributed by atoms with E-state index in [1.165, 1.54) is 27.1 Å². The molecule has 1 aromatic carbocycles. The van der Waals surface area contributed by atoms with Crippen molar-refractivity contribution in [1.82, 2.24) is 0 Å². The van der Waals surface area contributed by atoms with Gasteiger partial charge in [-0.25, -0.2) is 4.79 Å². The van der Waals surface area contributed by atoms with Crippen molar-refractivity contribution in [2.24, 2.45) is 0 Å². The summed E-state index contributed by atoms with van der Waals surface area (Å²) in [7, 11) is 2.76.